The fourth-order valence-corrected chi connectivity index (χ4v) is 4.32. The van der Waals surface area contributed by atoms with E-state index in [1.165, 1.54) is 11.3 Å². The number of benzene rings is 1. The van der Waals surface area contributed by atoms with Crippen LogP contribution in [0.4, 0.5) is 5.13 Å². The first-order chi connectivity index (χ1) is 13.7. The van der Waals surface area contributed by atoms with Gasteiger partial charge >= 0.3 is 0 Å². The molecule has 0 aliphatic carbocycles. The van der Waals surface area contributed by atoms with E-state index in [0.29, 0.717) is 18.9 Å². The van der Waals surface area contributed by atoms with Crippen molar-refractivity contribution in [2.75, 3.05) is 31.2 Å². The molecule has 28 heavy (non-hydrogen) atoms. The number of hydrogen-bond donors (Lipinski definition) is 0. The molecule has 1 aromatic carbocycles. The van der Waals surface area contributed by atoms with E-state index in [9.17, 15) is 10.5 Å². The molecule has 140 valence electrons. The van der Waals surface area contributed by atoms with Crippen LogP contribution in [0.5, 0.6) is 0 Å². The molecule has 1 aliphatic heterocycles. The maximum Gasteiger partial charge on any atom is 0.186 e. The lowest BCUT2D eigenvalue weighted by Gasteiger charge is -2.26. The third-order valence-corrected chi connectivity index (χ3v) is 5.69. The number of nitriles is 2. The van der Waals surface area contributed by atoms with Gasteiger partial charge < -0.3 is 14.2 Å². The lowest BCUT2D eigenvalue weighted by atomic mass is 10.2. The zero-order valence-electron chi connectivity index (χ0n) is 15.4. The summed E-state index contributed by atoms with van der Waals surface area (Å²) in [6, 6.07) is 11.9. The molecule has 2 aromatic heterocycles. The normalized spacial score (nSPS) is 13.9. The number of fused-ring (bicyclic) bond motifs is 1. The van der Waals surface area contributed by atoms with Crippen LogP contribution < -0.4 is 4.90 Å². The summed E-state index contributed by atoms with van der Waals surface area (Å²) in [6.07, 6.45) is 1.61. The Morgan fingerprint density at radius 2 is 1.96 bits per heavy atom. The number of aryl methyl sites for hydroxylation is 1. The molecule has 7 nitrogen and oxygen atoms in total. The summed E-state index contributed by atoms with van der Waals surface area (Å²) in [4.78, 5) is 12.6. The molecule has 1 fully saturated rings. The van der Waals surface area contributed by atoms with E-state index < -0.39 is 0 Å². The highest BCUT2D eigenvalue weighted by Gasteiger charge is 2.22. The molecular formula is C20H18N6OS. The van der Waals surface area contributed by atoms with Gasteiger partial charge in [-0.1, -0.05) is 23.5 Å². The Balaban J connectivity index is 1.90. The lowest BCUT2D eigenvalue weighted by molar-refractivity contribution is 0.122. The summed E-state index contributed by atoms with van der Waals surface area (Å²) >= 11 is 1.48. The van der Waals surface area contributed by atoms with Crippen LogP contribution >= 0.6 is 11.3 Å². The van der Waals surface area contributed by atoms with E-state index in [1.807, 2.05) is 36.4 Å². The molecule has 1 aliphatic rings. The van der Waals surface area contributed by atoms with Gasteiger partial charge in [0.1, 0.15) is 23.4 Å². The number of anilines is 1. The second-order valence-electron chi connectivity index (χ2n) is 6.26. The average molecular weight is 390 g/mol. The van der Waals surface area contributed by atoms with Crippen LogP contribution in [0.1, 0.15) is 11.8 Å². The highest BCUT2D eigenvalue weighted by molar-refractivity contribution is 7.17. The minimum atomic E-state index is 0.0533. The van der Waals surface area contributed by atoms with Crippen molar-refractivity contribution in [1.82, 2.24) is 14.5 Å². The van der Waals surface area contributed by atoms with Crippen LogP contribution in [0.25, 0.3) is 28.6 Å². The van der Waals surface area contributed by atoms with Gasteiger partial charge in [0.2, 0.25) is 0 Å². The van der Waals surface area contributed by atoms with E-state index in [-0.39, 0.29) is 5.57 Å². The molecule has 0 amide bonds. The Kier molecular flexibility index (Phi) is 5.07. The molecule has 0 saturated carbocycles. The van der Waals surface area contributed by atoms with Crippen molar-refractivity contribution in [2.45, 2.75) is 13.5 Å². The van der Waals surface area contributed by atoms with Crippen molar-refractivity contribution in [1.29, 1.82) is 10.5 Å². The highest BCUT2D eigenvalue weighted by Crippen LogP contribution is 2.36. The first kappa shape index (κ1) is 18.2. The van der Waals surface area contributed by atoms with Crippen LogP contribution in [0.3, 0.4) is 0 Å². The van der Waals surface area contributed by atoms with Gasteiger partial charge in [0.25, 0.3) is 0 Å². The molecular weight excluding hydrogens is 372 g/mol. The number of morpholine rings is 1. The first-order valence-electron chi connectivity index (χ1n) is 9.06. The van der Waals surface area contributed by atoms with E-state index in [0.717, 1.165) is 46.5 Å². The Morgan fingerprint density at radius 3 is 2.68 bits per heavy atom. The number of allylic oxidation sites excluding steroid dienone is 1. The first-order valence-corrected chi connectivity index (χ1v) is 9.88. The number of ether oxygens (including phenoxy) is 1. The van der Waals surface area contributed by atoms with Crippen molar-refractivity contribution < 1.29 is 4.74 Å². The molecule has 0 bridgehead atoms. The topological polar surface area (TPSA) is 90.8 Å². The van der Waals surface area contributed by atoms with Gasteiger partial charge in [-0.05, 0) is 25.1 Å². The van der Waals surface area contributed by atoms with E-state index in [2.05, 4.69) is 16.4 Å². The zero-order valence-corrected chi connectivity index (χ0v) is 16.2. The van der Waals surface area contributed by atoms with Crippen LogP contribution in [0.2, 0.25) is 0 Å². The third kappa shape index (κ3) is 3.24. The van der Waals surface area contributed by atoms with Gasteiger partial charge in [-0.25, -0.2) is 9.97 Å². The van der Waals surface area contributed by atoms with Crippen molar-refractivity contribution in [3.8, 4) is 23.7 Å². The van der Waals surface area contributed by atoms with Gasteiger partial charge in [0.15, 0.2) is 11.0 Å². The monoisotopic (exact) mass is 390 g/mol. The van der Waals surface area contributed by atoms with E-state index in [1.54, 1.807) is 6.08 Å². The van der Waals surface area contributed by atoms with Crippen LogP contribution in [-0.2, 0) is 11.3 Å². The number of hydrogen-bond acceptors (Lipinski definition) is 7. The van der Waals surface area contributed by atoms with E-state index in [4.69, 9.17) is 14.7 Å². The summed E-state index contributed by atoms with van der Waals surface area (Å²) in [5, 5.41) is 19.3. The van der Waals surface area contributed by atoms with Gasteiger partial charge in [-0.2, -0.15) is 10.5 Å². The standard InChI is InChI=1S/C20H18N6OS/c1-2-26-16-6-4-3-5-15(16)23-19(26)18-17(11-14(12-21)13-22)28-20(24-18)25-7-9-27-10-8-25/h3-6,11H,2,7-10H2,1H3. The minimum Gasteiger partial charge on any atom is -0.378 e. The predicted octanol–water partition coefficient (Wildman–Crippen LogP) is 3.45. The van der Waals surface area contributed by atoms with Crippen molar-refractivity contribution in [3.05, 3.63) is 34.7 Å². The maximum atomic E-state index is 9.22. The SMILES string of the molecule is CCn1c(-c2nc(N3CCOCC3)sc2C=C(C#N)C#N)nc2ccccc21. The molecule has 0 unspecified atom stereocenters. The number of thiazole rings is 1. The fourth-order valence-electron chi connectivity index (χ4n) is 3.27. The van der Waals surface area contributed by atoms with Crippen molar-refractivity contribution in [2.24, 2.45) is 0 Å². The van der Waals surface area contributed by atoms with Crippen molar-refractivity contribution >= 4 is 33.6 Å². The number of aromatic nitrogens is 3. The van der Waals surface area contributed by atoms with Crippen LogP contribution in [0, 0.1) is 22.7 Å². The second kappa shape index (κ2) is 7.81. The van der Waals surface area contributed by atoms with Gasteiger partial charge in [-0.3, -0.25) is 0 Å². The molecule has 0 radical (unpaired) electrons. The lowest BCUT2D eigenvalue weighted by Crippen LogP contribution is -2.36. The Hall–Kier alpha value is -3.20. The van der Waals surface area contributed by atoms with Crippen LogP contribution in [-0.4, -0.2) is 40.8 Å². The molecule has 0 N–H and O–H groups in total. The van der Waals surface area contributed by atoms with Gasteiger partial charge in [0, 0.05) is 19.6 Å². The Bertz CT molecular complexity index is 1110. The average Bonchev–Trinajstić information content (AvgIpc) is 3.33. The zero-order chi connectivity index (χ0) is 19.5. The quantitative estimate of drug-likeness (QED) is 0.634. The smallest absolute Gasteiger partial charge is 0.186 e. The summed E-state index contributed by atoms with van der Waals surface area (Å²) < 4.78 is 7.55. The molecule has 3 aromatic rings. The molecule has 1 saturated heterocycles. The van der Waals surface area contributed by atoms with Crippen LogP contribution in [0.15, 0.2) is 29.8 Å². The summed E-state index contributed by atoms with van der Waals surface area (Å²) in [6.45, 7) is 5.67. The minimum absolute atomic E-state index is 0.0533. The largest absolute Gasteiger partial charge is 0.378 e. The molecule has 3 heterocycles. The van der Waals surface area contributed by atoms with Gasteiger partial charge in [-0.15, -0.1) is 0 Å². The second-order valence-corrected chi connectivity index (χ2v) is 7.27. The van der Waals surface area contributed by atoms with Gasteiger partial charge in [0.05, 0.1) is 29.1 Å². The Morgan fingerprint density at radius 1 is 1.21 bits per heavy atom. The molecule has 8 heteroatoms. The van der Waals surface area contributed by atoms with E-state index >= 15 is 0 Å². The predicted molar refractivity (Wildman–Crippen MR) is 109 cm³/mol. The molecule has 4 rings (SSSR count). The number of para-hydroxylation sites is 2. The molecule has 0 spiro atoms. The number of nitrogens with zero attached hydrogens (tertiary/aromatic N) is 6. The van der Waals surface area contributed by atoms with Crippen molar-refractivity contribution in [3.63, 3.8) is 0 Å². The molecule has 0 atom stereocenters. The Labute approximate surface area is 166 Å². The maximum absolute atomic E-state index is 9.22. The fraction of sp³-hybridized carbons (Fsp3) is 0.300. The summed E-state index contributed by atoms with van der Waals surface area (Å²) in [5.74, 6) is 0.751. The highest BCUT2D eigenvalue weighted by atomic mass is 32.1. The summed E-state index contributed by atoms with van der Waals surface area (Å²) in [5.41, 5.74) is 2.69. The summed E-state index contributed by atoms with van der Waals surface area (Å²) in [7, 11) is 0. The number of rotatable bonds is 4. The number of imidazole rings is 1. The third-order valence-electron chi connectivity index (χ3n) is 4.62.